The Balaban J connectivity index is 2.28. The highest BCUT2D eigenvalue weighted by Gasteiger charge is 2.11. The van der Waals surface area contributed by atoms with Crippen molar-refractivity contribution in [3.63, 3.8) is 0 Å². The van der Waals surface area contributed by atoms with Gasteiger partial charge in [-0.25, -0.2) is 8.78 Å². The molecule has 2 aromatic rings. The molecule has 0 unspecified atom stereocenters. The first-order valence-corrected chi connectivity index (χ1v) is 6.58. The van der Waals surface area contributed by atoms with Crippen molar-refractivity contribution in [2.45, 2.75) is 0 Å². The second kappa shape index (κ2) is 6.91. The van der Waals surface area contributed by atoms with E-state index < -0.39 is 17.4 Å². The highest BCUT2D eigenvalue weighted by atomic mass is 19.2. The summed E-state index contributed by atoms with van der Waals surface area (Å²) in [5.41, 5.74) is 0.560. The third-order valence-electron chi connectivity index (χ3n) is 3.13. The number of benzene rings is 2. The summed E-state index contributed by atoms with van der Waals surface area (Å²) in [5, 5.41) is 9.81. The number of hydrogen-bond acceptors (Lipinski definition) is 4. The molecule has 0 atom stereocenters. The van der Waals surface area contributed by atoms with Gasteiger partial charge < -0.3 is 14.6 Å². The Morgan fingerprint density at radius 3 is 2.17 bits per heavy atom. The van der Waals surface area contributed by atoms with Crippen molar-refractivity contribution >= 4 is 11.9 Å². The molecule has 0 aliphatic heterocycles. The van der Waals surface area contributed by atoms with Crippen LogP contribution in [0, 0.1) is 11.6 Å². The molecule has 0 spiro atoms. The van der Waals surface area contributed by atoms with Gasteiger partial charge in [-0.1, -0.05) is 6.08 Å². The van der Waals surface area contributed by atoms with E-state index in [4.69, 9.17) is 9.47 Å². The number of hydrogen-bond donors (Lipinski definition) is 1. The van der Waals surface area contributed by atoms with Crippen molar-refractivity contribution in [2.75, 3.05) is 14.2 Å². The van der Waals surface area contributed by atoms with E-state index in [0.717, 1.165) is 12.1 Å². The Bertz CT molecular complexity index is 744. The Kier molecular flexibility index (Phi) is 4.95. The number of phenols is 1. The second-order valence-electron chi connectivity index (χ2n) is 4.60. The smallest absolute Gasteiger partial charge is 0.200 e. The van der Waals surface area contributed by atoms with Gasteiger partial charge in [0.15, 0.2) is 28.9 Å². The molecule has 2 rings (SSSR count). The van der Waals surface area contributed by atoms with E-state index in [1.54, 1.807) is 0 Å². The van der Waals surface area contributed by atoms with Crippen LogP contribution < -0.4 is 9.47 Å². The summed E-state index contributed by atoms with van der Waals surface area (Å²) < 4.78 is 36.0. The van der Waals surface area contributed by atoms with Crippen LogP contribution in [-0.4, -0.2) is 25.1 Å². The first-order valence-electron chi connectivity index (χ1n) is 6.58. The summed E-state index contributed by atoms with van der Waals surface area (Å²) >= 11 is 0. The molecule has 2 aromatic carbocycles. The van der Waals surface area contributed by atoms with Gasteiger partial charge >= 0.3 is 0 Å². The van der Waals surface area contributed by atoms with Gasteiger partial charge in [-0.2, -0.15) is 0 Å². The maximum absolute atomic E-state index is 13.1. The van der Waals surface area contributed by atoms with Crippen LogP contribution in [0.25, 0.3) is 6.08 Å². The van der Waals surface area contributed by atoms with Gasteiger partial charge in [-0.05, 0) is 42.0 Å². The van der Waals surface area contributed by atoms with Crippen molar-refractivity contribution in [1.82, 2.24) is 0 Å². The lowest BCUT2D eigenvalue weighted by molar-refractivity contribution is 0.104. The molecule has 6 heteroatoms. The molecule has 0 radical (unpaired) electrons. The number of methoxy groups -OCH3 is 2. The lowest BCUT2D eigenvalue weighted by Gasteiger charge is -2.09. The molecule has 120 valence electrons. The Morgan fingerprint density at radius 1 is 1.04 bits per heavy atom. The normalized spacial score (nSPS) is 10.8. The molecular weight excluding hydrogens is 306 g/mol. The lowest BCUT2D eigenvalue weighted by atomic mass is 10.1. The van der Waals surface area contributed by atoms with Gasteiger partial charge in [0.05, 0.1) is 14.2 Å². The van der Waals surface area contributed by atoms with Crippen LogP contribution in [0.2, 0.25) is 0 Å². The van der Waals surface area contributed by atoms with E-state index in [2.05, 4.69) is 0 Å². The fourth-order valence-corrected chi connectivity index (χ4v) is 1.93. The van der Waals surface area contributed by atoms with Crippen LogP contribution in [0.5, 0.6) is 17.2 Å². The van der Waals surface area contributed by atoms with Crippen molar-refractivity contribution in [3.8, 4) is 17.2 Å². The molecule has 23 heavy (non-hydrogen) atoms. The third-order valence-corrected chi connectivity index (χ3v) is 3.13. The zero-order valence-corrected chi connectivity index (χ0v) is 12.5. The Morgan fingerprint density at radius 2 is 1.65 bits per heavy atom. The number of ether oxygens (including phenoxy) is 2. The highest BCUT2D eigenvalue weighted by Crippen LogP contribution is 2.37. The molecule has 0 amide bonds. The molecule has 0 heterocycles. The Labute approximate surface area is 131 Å². The van der Waals surface area contributed by atoms with E-state index >= 15 is 0 Å². The average Bonchev–Trinajstić information content (AvgIpc) is 2.55. The largest absolute Gasteiger partial charge is 0.502 e. The van der Waals surface area contributed by atoms with Gasteiger partial charge in [0.1, 0.15) is 0 Å². The van der Waals surface area contributed by atoms with Gasteiger partial charge in [0, 0.05) is 5.56 Å². The zero-order chi connectivity index (χ0) is 17.0. The van der Waals surface area contributed by atoms with Crippen LogP contribution in [0.3, 0.4) is 0 Å². The first kappa shape index (κ1) is 16.5. The molecule has 1 N–H and O–H groups in total. The van der Waals surface area contributed by atoms with E-state index in [1.807, 2.05) is 0 Å². The molecule has 0 aliphatic rings. The minimum absolute atomic E-state index is 0.0258. The predicted octanol–water partition coefficient (Wildman–Crippen LogP) is 3.58. The van der Waals surface area contributed by atoms with Gasteiger partial charge in [0.2, 0.25) is 5.75 Å². The number of carbonyl (C=O) groups excluding carboxylic acids is 1. The summed E-state index contributed by atoms with van der Waals surface area (Å²) in [4.78, 5) is 12.0. The van der Waals surface area contributed by atoms with Gasteiger partial charge in [-0.3, -0.25) is 4.79 Å². The highest BCUT2D eigenvalue weighted by molar-refractivity contribution is 6.06. The summed E-state index contributed by atoms with van der Waals surface area (Å²) in [7, 11) is 2.77. The van der Waals surface area contributed by atoms with Gasteiger partial charge in [0.25, 0.3) is 0 Å². The van der Waals surface area contributed by atoms with E-state index in [-0.39, 0.29) is 22.8 Å². The topological polar surface area (TPSA) is 55.8 Å². The second-order valence-corrected chi connectivity index (χ2v) is 4.60. The van der Waals surface area contributed by atoms with Crippen LogP contribution in [-0.2, 0) is 0 Å². The van der Waals surface area contributed by atoms with Crippen LogP contribution in [0.15, 0.2) is 36.4 Å². The number of aromatic hydroxyl groups is 1. The minimum Gasteiger partial charge on any atom is -0.502 e. The van der Waals surface area contributed by atoms with Crippen LogP contribution in [0.1, 0.15) is 15.9 Å². The standard InChI is InChI=1S/C17H14F2O4/c1-22-15-7-10(8-16(23-2)17(15)21)3-6-14(20)11-4-5-12(18)13(19)9-11/h3-9,21H,1-2H3/b6-3+. The number of carbonyl (C=O) groups is 1. The number of ketones is 1. The van der Waals surface area contributed by atoms with Crippen molar-refractivity contribution in [1.29, 1.82) is 0 Å². The molecule has 0 aromatic heterocycles. The molecular formula is C17H14F2O4. The maximum atomic E-state index is 13.1. The van der Waals surface area contributed by atoms with Crippen LogP contribution >= 0.6 is 0 Å². The van der Waals surface area contributed by atoms with E-state index in [0.29, 0.717) is 5.56 Å². The average molecular weight is 320 g/mol. The third kappa shape index (κ3) is 3.66. The fourth-order valence-electron chi connectivity index (χ4n) is 1.93. The molecule has 0 fully saturated rings. The zero-order valence-electron chi connectivity index (χ0n) is 12.5. The molecule has 0 saturated carbocycles. The van der Waals surface area contributed by atoms with Crippen molar-refractivity contribution < 1.29 is 28.2 Å². The molecule has 4 nitrogen and oxygen atoms in total. The SMILES string of the molecule is COc1cc(/C=C/C(=O)c2ccc(F)c(F)c2)cc(OC)c1O. The number of allylic oxidation sites excluding steroid dienone is 1. The number of phenolic OH excluding ortho intramolecular Hbond substituents is 1. The summed E-state index contributed by atoms with van der Waals surface area (Å²) in [6.45, 7) is 0. The maximum Gasteiger partial charge on any atom is 0.200 e. The number of rotatable bonds is 5. The summed E-state index contributed by atoms with van der Waals surface area (Å²) in [5.74, 6) is -2.38. The lowest BCUT2D eigenvalue weighted by Crippen LogP contribution is -1.96. The van der Waals surface area contributed by atoms with Gasteiger partial charge in [-0.15, -0.1) is 0 Å². The van der Waals surface area contributed by atoms with E-state index in [1.165, 1.54) is 44.6 Å². The monoisotopic (exact) mass is 320 g/mol. The number of halogens is 2. The molecule has 0 aliphatic carbocycles. The molecule has 0 bridgehead atoms. The Hall–Kier alpha value is -2.89. The first-order chi connectivity index (χ1) is 11.0. The quantitative estimate of drug-likeness (QED) is 0.676. The fraction of sp³-hybridized carbons (Fsp3) is 0.118. The van der Waals surface area contributed by atoms with Crippen LogP contribution in [0.4, 0.5) is 8.78 Å². The summed E-state index contributed by atoms with van der Waals surface area (Å²) in [6, 6.07) is 5.94. The molecule has 0 saturated heterocycles. The summed E-state index contributed by atoms with van der Waals surface area (Å²) in [6.07, 6.45) is 2.66. The van der Waals surface area contributed by atoms with Crippen molar-refractivity contribution in [3.05, 3.63) is 59.2 Å². The predicted molar refractivity (Wildman–Crippen MR) is 80.9 cm³/mol. The minimum atomic E-state index is -1.09. The van der Waals surface area contributed by atoms with Crippen molar-refractivity contribution in [2.24, 2.45) is 0 Å². The van der Waals surface area contributed by atoms with E-state index in [9.17, 15) is 18.7 Å².